The van der Waals surface area contributed by atoms with Gasteiger partial charge in [0.15, 0.2) is 0 Å². The minimum Gasteiger partial charge on any atom is -0.125 e. The summed E-state index contributed by atoms with van der Waals surface area (Å²) in [6.45, 7) is 4.42. The molecule has 0 aliphatic heterocycles. The number of benzene rings is 2. The van der Waals surface area contributed by atoms with Crippen LogP contribution in [0.5, 0.6) is 0 Å². The molecule has 0 atom stereocenters. The van der Waals surface area contributed by atoms with Gasteiger partial charge in [0.05, 0.1) is 0 Å². The summed E-state index contributed by atoms with van der Waals surface area (Å²) < 4.78 is 0. The van der Waals surface area contributed by atoms with Crippen LogP contribution < -0.4 is 0 Å². The van der Waals surface area contributed by atoms with Crippen molar-refractivity contribution in [3.05, 3.63) is 36.4 Å². The van der Waals surface area contributed by atoms with E-state index >= 15 is 0 Å². The molecular formula is C14H16S2. The van der Waals surface area contributed by atoms with E-state index in [-0.39, 0.29) is 0 Å². The van der Waals surface area contributed by atoms with E-state index in [2.05, 4.69) is 50.2 Å². The molecular weight excluding hydrogens is 232 g/mol. The van der Waals surface area contributed by atoms with Crippen LogP contribution in [0, 0.1) is 0 Å². The fourth-order valence-electron chi connectivity index (χ4n) is 1.79. The van der Waals surface area contributed by atoms with Crippen molar-refractivity contribution in [2.24, 2.45) is 0 Å². The number of hydrogen-bond donors (Lipinski definition) is 0. The molecule has 2 aromatic rings. The summed E-state index contributed by atoms with van der Waals surface area (Å²) in [5.41, 5.74) is 0. The molecule has 0 saturated heterocycles. The average molecular weight is 248 g/mol. The highest BCUT2D eigenvalue weighted by atomic mass is 32.2. The van der Waals surface area contributed by atoms with E-state index in [1.165, 1.54) is 20.6 Å². The van der Waals surface area contributed by atoms with Crippen LogP contribution in [0.1, 0.15) is 13.8 Å². The smallest absolute Gasteiger partial charge is 0.0286 e. The molecule has 84 valence electrons. The largest absolute Gasteiger partial charge is 0.125 e. The van der Waals surface area contributed by atoms with Crippen LogP contribution in [0.15, 0.2) is 46.2 Å². The van der Waals surface area contributed by atoms with Crippen LogP contribution in [-0.2, 0) is 0 Å². The maximum absolute atomic E-state index is 2.26. The van der Waals surface area contributed by atoms with Gasteiger partial charge in [-0.1, -0.05) is 44.2 Å². The van der Waals surface area contributed by atoms with E-state index in [1.807, 2.05) is 23.5 Å². The molecule has 2 rings (SSSR count). The molecule has 0 bridgehead atoms. The zero-order chi connectivity index (χ0) is 11.4. The lowest BCUT2D eigenvalue weighted by molar-refractivity contribution is 1.29. The van der Waals surface area contributed by atoms with Gasteiger partial charge in [-0.2, -0.15) is 0 Å². The third-order valence-corrected chi connectivity index (χ3v) is 4.52. The molecule has 0 unspecified atom stereocenters. The lowest BCUT2D eigenvalue weighted by Crippen LogP contribution is -1.84. The van der Waals surface area contributed by atoms with Gasteiger partial charge in [-0.05, 0) is 28.3 Å². The van der Waals surface area contributed by atoms with Crippen molar-refractivity contribution in [3.63, 3.8) is 0 Å². The molecule has 0 aromatic heterocycles. The van der Waals surface area contributed by atoms with E-state index in [1.54, 1.807) is 0 Å². The highest BCUT2D eigenvalue weighted by molar-refractivity contribution is 8.02. The van der Waals surface area contributed by atoms with Crippen molar-refractivity contribution in [2.75, 3.05) is 11.5 Å². The third kappa shape index (κ3) is 2.38. The second-order valence-electron chi connectivity index (χ2n) is 3.48. The highest BCUT2D eigenvalue weighted by Crippen LogP contribution is 2.36. The molecule has 0 saturated carbocycles. The standard InChI is InChI=1S/C14H16S2/c1-3-15-13-10-9-11-7-5-6-8-12(11)14(13)16-4-2/h5-10H,3-4H2,1-2H3. The topological polar surface area (TPSA) is 0 Å². The Morgan fingerprint density at radius 3 is 2.38 bits per heavy atom. The quantitative estimate of drug-likeness (QED) is 0.693. The van der Waals surface area contributed by atoms with Gasteiger partial charge < -0.3 is 0 Å². The zero-order valence-corrected chi connectivity index (χ0v) is 11.3. The Morgan fingerprint density at radius 1 is 0.875 bits per heavy atom. The van der Waals surface area contributed by atoms with Gasteiger partial charge in [-0.15, -0.1) is 23.5 Å². The summed E-state index contributed by atoms with van der Waals surface area (Å²) in [5.74, 6) is 2.26. The van der Waals surface area contributed by atoms with Crippen molar-refractivity contribution in [1.29, 1.82) is 0 Å². The molecule has 0 N–H and O–H groups in total. The lowest BCUT2D eigenvalue weighted by atomic mass is 10.1. The van der Waals surface area contributed by atoms with Crippen molar-refractivity contribution < 1.29 is 0 Å². The van der Waals surface area contributed by atoms with Crippen LogP contribution in [-0.4, -0.2) is 11.5 Å². The first-order chi connectivity index (χ1) is 7.86. The SMILES string of the molecule is CCSc1ccc2ccccc2c1SCC. The molecule has 0 aliphatic carbocycles. The molecule has 0 radical (unpaired) electrons. The van der Waals surface area contributed by atoms with Crippen molar-refractivity contribution in [2.45, 2.75) is 23.6 Å². The van der Waals surface area contributed by atoms with Crippen LogP contribution in [0.2, 0.25) is 0 Å². The summed E-state index contributed by atoms with van der Waals surface area (Å²) >= 11 is 3.89. The summed E-state index contributed by atoms with van der Waals surface area (Å²) in [6.07, 6.45) is 0. The maximum Gasteiger partial charge on any atom is 0.0286 e. The molecule has 0 spiro atoms. The Hall–Kier alpha value is -0.600. The van der Waals surface area contributed by atoms with Gasteiger partial charge in [0.2, 0.25) is 0 Å². The summed E-state index contributed by atoms with van der Waals surface area (Å²) in [6, 6.07) is 13.1. The summed E-state index contributed by atoms with van der Waals surface area (Å²) in [5, 5.41) is 2.74. The lowest BCUT2D eigenvalue weighted by Gasteiger charge is -2.10. The van der Waals surface area contributed by atoms with Crippen LogP contribution in [0.4, 0.5) is 0 Å². The number of hydrogen-bond acceptors (Lipinski definition) is 2. The van der Waals surface area contributed by atoms with Crippen LogP contribution in [0.25, 0.3) is 10.8 Å². The Bertz CT molecular complexity index is 477. The molecule has 0 amide bonds. The molecule has 0 nitrogen and oxygen atoms in total. The second-order valence-corrected chi connectivity index (χ2v) is 6.06. The van der Waals surface area contributed by atoms with E-state index in [9.17, 15) is 0 Å². The highest BCUT2D eigenvalue weighted by Gasteiger charge is 2.06. The van der Waals surface area contributed by atoms with Gasteiger partial charge in [0, 0.05) is 9.79 Å². The van der Waals surface area contributed by atoms with E-state index in [0.717, 1.165) is 11.5 Å². The average Bonchev–Trinajstić information content (AvgIpc) is 2.32. The zero-order valence-electron chi connectivity index (χ0n) is 9.69. The van der Waals surface area contributed by atoms with Crippen LogP contribution >= 0.6 is 23.5 Å². The normalized spacial score (nSPS) is 10.9. The monoisotopic (exact) mass is 248 g/mol. The Balaban J connectivity index is 2.58. The van der Waals surface area contributed by atoms with Crippen LogP contribution in [0.3, 0.4) is 0 Å². The van der Waals surface area contributed by atoms with Crippen molar-refractivity contribution in [1.82, 2.24) is 0 Å². The molecule has 0 heterocycles. The predicted molar refractivity (Wildman–Crippen MR) is 76.7 cm³/mol. The molecule has 2 aromatic carbocycles. The molecule has 16 heavy (non-hydrogen) atoms. The number of thioether (sulfide) groups is 2. The maximum atomic E-state index is 2.26. The van der Waals surface area contributed by atoms with E-state index < -0.39 is 0 Å². The van der Waals surface area contributed by atoms with E-state index in [4.69, 9.17) is 0 Å². The molecule has 0 aliphatic rings. The third-order valence-electron chi connectivity index (χ3n) is 2.43. The van der Waals surface area contributed by atoms with Gasteiger partial charge in [-0.3, -0.25) is 0 Å². The minimum absolute atomic E-state index is 1.13. The van der Waals surface area contributed by atoms with Crippen molar-refractivity contribution >= 4 is 34.3 Å². The second kappa shape index (κ2) is 5.65. The molecule has 2 heteroatoms. The fraction of sp³-hybridized carbons (Fsp3) is 0.286. The minimum atomic E-state index is 1.13. The summed E-state index contributed by atoms with van der Waals surface area (Å²) in [4.78, 5) is 2.88. The fourth-order valence-corrected chi connectivity index (χ4v) is 3.70. The van der Waals surface area contributed by atoms with Gasteiger partial charge >= 0.3 is 0 Å². The first-order valence-corrected chi connectivity index (χ1v) is 7.61. The van der Waals surface area contributed by atoms with E-state index in [0.29, 0.717) is 0 Å². The Labute approximate surface area is 106 Å². The predicted octanol–water partition coefficient (Wildman–Crippen LogP) is 5.06. The first kappa shape index (κ1) is 11.9. The van der Waals surface area contributed by atoms with Crippen molar-refractivity contribution in [3.8, 4) is 0 Å². The summed E-state index contributed by atoms with van der Waals surface area (Å²) in [7, 11) is 0. The first-order valence-electron chi connectivity index (χ1n) is 5.64. The molecule has 0 fully saturated rings. The Kier molecular flexibility index (Phi) is 4.19. The van der Waals surface area contributed by atoms with Gasteiger partial charge in [-0.25, -0.2) is 0 Å². The number of rotatable bonds is 4. The number of fused-ring (bicyclic) bond motifs is 1. The van der Waals surface area contributed by atoms with Gasteiger partial charge in [0.1, 0.15) is 0 Å². The Morgan fingerprint density at radius 2 is 1.62 bits per heavy atom. The van der Waals surface area contributed by atoms with Gasteiger partial charge in [0.25, 0.3) is 0 Å².